The maximum absolute atomic E-state index is 5.83. The number of hydrogen-bond donors (Lipinski definition) is 2. The monoisotopic (exact) mass is 423 g/mol. The van der Waals surface area contributed by atoms with E-state index in [1.165, 1.54) is 0 Å². The molecule has 0 aliphatic heterocycles. The number of rotatable bonds is 7. The maximum atomic E-state index is 5.83. The third-order valence-corrected chi connectivity index (χ3v) is 2.90. The maximum Gasteiger partial charge on any atom is 0.203 e. The second kappa shape index (κ2) is 10.4. The van der Waals surface area contributed by atoms with Gasteiger partial charge in [0.15, 0.2) is 17.5 Å². The van der Waals surface area contributed by atoms with Crippen molar-refractivity contribution in [1.82, 2.24) is 5.32 Å². The fourth-order valence-electron chi connectivity index (χ4n) is 1.82. The van der Waals surface area contributed by atoms with Crippen molar-refractivity contribution in [3.05, 3.63) is 17.7 Å². The van der Waals surface area contributed by atoms with Gasteiger partial charge in [-0.05, 0) is 18.1 Å². The highest BCUT2D eigenvalue weighted by atomic mass is 127. The average Bonchev–Trinajstić information content (AvgIpc) is 2.49. The molecule has 0 atom stereocenters. The highest BCUT2D eigenvalue weighted by Crippen LogP contribution is 2.39. The molecule has 0 bridgehead atoms. The van der Waals surface area contributed by atoms with E-state index in [0.717, 1.165) is 12.1 Å². The van der Waals surface area contributed by atoms with Gasteiger partial charge >= 0.3 is 0 Å². The van der Waals surface area contributed by atoms with E-state index >= 15 is 0 Å². The van der Waals surface area contributed by atoms with E-state index in [9.17, 15) is 0 Å². The van der Waals surface area contributed by atoms with Crippen LogP contribution in [0.2, 0.25) is 0 Å². The summed E-state index contributed by atoms with van der Waals surface area (Å²) in [6.45, 7) is 5.41. The lowest BCUT2D eigenvalue weighted by Gasteiger charge is -2.15. The molecule has 0 fully saturated rings. The van der Waals surface area contributed by atoms with E-state index in [-0.39, 0.29) is 24.0 Å². The van der Waals surface area contributed by atoms with Gasteiger partial charge in [0.2, 0.25) is 5.75 Å². The SMILES string of the molecule is COc1ccc(CN=C(N)NCC(C)C)c(OC)c1OC.I. The number of guanidine groups is 1. The van der Waals surface area contributed by atoms with Crippen molar-refractivity contribution >= 4 is 29.9 Å². The Labute approximate surface area is 149 Å². The van der Waals surface area contributed by atoms with Crippen LogP contribution >= 0.6 is 24.0 Å². The molecule has 1 rings (SSSR count). The minimum Gasteiger partial charge on any atom is -0.493 e. The van der Waals surface area contributed by atoms with Crippen LogP contribution in [-0.4, -0.2) is 33.8 Å². The van der Waals surface area contributed by atoms with Crippen molar-refractivity contribution in [3.8, 4) is 17.2 Å². The third-order valence-electron chi connectivity index (χ3n) is 2.90. The van der Waals surface area contributed by atoms with Crippen molar-refractivity contribution in [2.24, 2.45) is 16.6 Å². The molecule has 126 valence electrons. The fraction of sp³-hybridized carbons (Fsp3) is 0.533. The van der Waals surface area contributed by atoms with Crippen molar-refractivity contribution in [2.75, 3.05) is 27.9 Å². The molecule has 0 saturated heterocycles. The first-order valence-electron chi connectivity index (χ1n) is 6.85. The standard InChI is InChI=1S/C15H25N3O3.HI/c1-10(2)8-17-15(16)18-9-11-6-7-12(19-3)14(21-5)13(11)20-4;/h6-7,10H,8-9H2,1-5H3,(H3,16,17,18);1H. The summed E-state index contributed by atoms with van der Waals surface area (Å²) in [6, 6.07) is 3.71. The van der Waals surface area contributed by atoms with Gasteiger partial charge in [0.1, 0.15) is 0 Å². The first-order chi connectivity index (χ1) is 10.0. The minimum atomic E-state index is 0. The predicted octanol–water partition coefficient (Wildman–Crippen LogP) is 2.39. The van der Waals surface area contributed by atoms with Crippen LogP contribution in [0.15, 0.2) is 17.1 Å². The Morgan fingerprint density at radius 3 is 2.27 bits per heavy atom. The molecule has 0 amide bonds. The first-order valence-corrected chi connectivity index (χ1v) is 6.85. The molecule has 1 aromatic carbocycles. The summed E-state index contributed by atoms with van der Waals surface area (Å²) in [5.41, 5.74) is 6.71. The summed E-state index contributed by atoms with van der Waals surface area (Å²) >= 11 is 0. The number of nitrogens with one attached hydrogen (secondary N) is 1. The number of halogens is 1. The van der Waals surface area contributed by atoms with Crippen LogP contribution in [0, 0.1) is 5.92 Å². The Balaban J connectivity index is 0.00000441. The number of nitrogens with zero attached hydrogens (tertiary/aromatic N) is 1. The Kier molecular flexibility index (Phi) is 9.71. The number of nitrogens with two attached hydrogens (primary N) is 1. The van der Waals surface area contributed by atoms with Crippen molar-refractivity contribution < 1.29 is 14.2 Å². The molecule has 22 heavy (non-hydrogen) atoms. The summed E-state index contributed by atoms with van der Waals surface area (Å²) in [7, 11) is 4.75. The second-order valence-electron chi connectivity index (χ2n) is 4.97. The predicted molar refractivity (Wildman–Crippen MR) is 99.7 cm³/mol. The largest absolute Gasteiger partial charge is 0.493 e. The van der Waals surface area contributed by atoms with Crippen molar-refractivity contribution in [1.29, 1.82) is 0 Å². The molecule has 3 N–H and O–H groups in total. The van der Waals surface area contributed by atoms with Crippen LogP contribution in [-0.2, 0) is 6.54 Å². The Morgan fingerprint density at radius 2 is 1.77 bits per heavy atom. The Bertz CT molecular complexity index is 493. The number of benzene rings is 1. The zero-order valence-corrected chi connectivity index (χ0v) is 16.1. The van der Waals surface area contributed by atoms with E-state index in [2.05, 4.69) is 24.2 Å². The van der Waals surface area contributed by atoms with Gasteiger partial charge in [-0.25, -0.2) is 4.99 Å². The zero-order chi connectivity index (χ0) is 15.8. The molecule has 0 aliphatic carbocycles. The summed E-state index contributed by atoms with van der Waals surface area (Å²) in [5.74, 6) is 2.71. The topological polar surface area (TPSA) is 78.1 Å². The van der Waals surface area contributed by atoms with Gasteiger partial charge in [0, 0.05) is 12.1 Å². The average molecular weight is 423 g/mol. The lowest BCUT2D eigenvalue weighted by molar-refractivity contribution is 0.322. The molecule has 0 aromatic heterocycles. The number of methoxy groups -OCH3 is 3. The van der Waals surface area contributed by atoms with Crippen LogP contribution in [0.3, 0.4) is 0 Å². The summed E-state index contributed by atoms with van der Waals surface area (Å²) < 4.78 is 16.0. The molecule has 0 spiro atoms. The lowest BCUT2D eigenvalue weighted by atomic mass is 10.1. The third kappa shape index (κ3) is 5.78. The summed E-state index contributed by atoms with van der Waals surface area (Å²) in [4.78, 5) is 4.31. The molecule has 7 heteroatoms. The number of hydrogen-bond acceptors (Lipinski definition) is 4. The van der Waals surface area contributed by atoms with Gasteiger partial charge in [0.05, 0.1) is 27.9 Å². The van der Waals surface area contributed by atoms with E-state index in [1.54, 1.807) is 21.3 Å². The van der Waals surface area contributed by atoms with Gasteiger partial charge in [0.25, 0.3) is 0 Å². The quantitative estimate of drug-likeness (QED) is 0.400. The van der Waals surface area contributed by atoms with Crippen LogP contribution in [0.25, 0.3) is 0 Å². The molecule has 0 radical (unpaired) electrons. The van der Waals surface area contributed by atoms with Crippen LogP contribution in [0.1, 0.15) is 19.4 Å². The van der Waals surface area contributed by atoms with Crippen LogP contribution in [0.5, 0.6) is 17.2 Å². The minimum absolute atomic E-state index is 0. The second-order valence-corrected chi connectivity index (χ2v) is 4.97. The highest BCUT2D eigenvalue weighted by Gasteiger charge is 2.15. The number of ether oxygens (including phenoxy) is 3. The fourth-order valence-corrected chi connectivity index (χ4v) is 1.82. The van der Waals surface area contributed by atoms with Crippen molar-refractivity contribution in [3.63, 3.8) is 0 Å². The van der Waals surface area contributed by atoms with Gasteiger partial charge in [-0.2, -0.15) is 0 Å². The van der Waals surface area contributed by atoms with Crippen LogP contribution in [0.4, 0.5) is 0 Å². The lowest BCUT2D eigenvalue weighted by Crippen LogP contribution is -2.34. The molecule has 0 heterocycles. The molecule has 0 unspecified atom stereocenters. The Hall–Kier alpha value is -1.38. The van der Waals surface area contributed by atoms with E-state index in [1.807, 2.05) is 12.1 Å². The van der Waals surface area contributed by atoms with Gasteiger partial charge < -0.3 is 25.3 Å². The zero-order valence-electron chi connectivity index (χ0n) is 13.8. The smallest absolute Gasteiger partial charge is 0.203 e. The van der Waals surface area contributed by atoms with E-state index in [4.69, 9.17) is 19.9 Å². The summed E-state index contributed by atoms with van der Waals surface area (Å²) in [5, 5.41) is 3.07. The molecular weight excluding hydrogens is 397 g/mol. The van der Waals surface area contributed by atoms with Gasteiger partial charge in [-0.1, -0.05) is 13.8 Å². The highest BCUT2D eigenvalue weighted by molar-refractivity contribution is 14.0. The molecule has 0 aliphatic rings. The van der Waals surface area contributed by atoms with E-state index < -0.39 is 0 Å². The van der Waals surface area contributed by atoms with Gasteiger partial charge in [-0.15, -0.1) is 24.0 Å². The molecule has 1 aromatic rings. The normalized spacial score (nSPS) is 10.9. The number of aliphatic imine (C=N–C) groups is 1. The van der Waals surface area contributed by atoms with Crippen LogP contribution < -0.4 is 25.3 Å². The molecular formula is C15H26IN3O3. The van der Waals surface area contributed by atoms with Crippen molar-refractivity contribution in [2.45, 2.75) is 20.4 Å². The van der Waals surface area contributed by atoms with E-state index in [0.29, 0.717) is 35.7 Å². The molecule has 6 nitrogen and oxygen atoms in total. The van der Waals surface area contributed by atoms with Gasteiger partial charge in [-0.3, -0.25) is 0 Å². The Morgan fingerprint density at radius 1 is 1.14 bits per heavy atom. The summed E-state index contributed by atoms with van der Waals surface area (Å²) in [6.07, 6.45) is 0. The molecule has 0 saturated carbocycles. The first kappa shape index (κ1) is 20.6.